The third-order valence-electron chi connectivity index (χ3n) is 4.28. The van der Waals surface area contributed by atoms with Gasteiger partial charge in [0.2, 0.25) is 0 Å². The monoisotopic (exact) mass is 384 g/mol. The van der Waals surface area contributed by atoms with Gasteiger partial charge < -0.3 is 10.1 Å². The quantitative estimate of drug-likeness (QED) is 0.479. The minimum Gasteiger partial charge on any atom is -0.388 e. The highest BCUT2D eigenvalue weighted by molar-refractivity contribution is 7.99. The molecule has 0 aliphatic carbocycles. The third-order valence-corrected chi connectivity index (χ3v) is 5.23. The second-order valence-electron chi connectivity index (χ2n) is 6.19. The Morgan fingerprint density at radius 1 is 1.15 bits per heavy atom. The van der Waals surface area contributed by atoms with Crippen molar-refractivity contribution in [3.05, 3.63) is 93.2 Å². The number of halogens is 1. The molecule has 6 heteroatoms. The van der Waals surface area contributed by atoms with Gasteiger partial charge in [-0.3, -0.25) is 4.79 Å². The van der Waals surface area contributed by atoms with E-state index >= 15 is 0 Å². The van der Waals surface area contributed by atoms with Gasteiger partial charge in [-0.2, -0.15) is 0 Å². The van der Waals surface area contributed by atoms with E-state index in [4.69, 9.17) is 0 Å². The maximum atomic E-state index is 13.1. The number of aliphatic hydroxyl groups excluding tert-OH is 1. The molecular formula is C21H21FN2O2S. The van der Waals surface area contributed by atoms with Gasteiger partial charge in [0, 0.05) is 17.7 Å². The molecule has 3 rings (SSSR count). The summed E-state index contributed by atoms with van der Waals surface area (Å²) < 4.78 is 13.1. The SMILES string of the molecule is CCc1c(Cc2ccc(F)cc2)nc(SCC(O)c2ccccc2)[nH]c1=O. The first-order valence-corrected chi connectivity index (χ1v) is 9.77. The van der Waals surface area contributed by atoms with Crippen LogP contribution in [0.1, 0.15) is 35.4 Å². The first-order chi connectivity index (χ1) is 13.1. The summed E-state index contributed by atoms with van der Waals surface area (Å²) in [5.41, 5.74) is 2.87. The van der Waals surface area contributed by atoms with E-state index in [-0.39, 0.29) is 11.4 Å². The van der Waals surface area contributed by atoms with Gasteiger partial charge in [-0.05, 0) is 29.7 Å². The number of aliphatic hydroxyl groups is 1. The van der Waals surface area contributed by atoms with Gasteiger partial charge in [0.25, 0.3) is 5.56 Å². The molecule has 0 bridgehead atoms. The van der Waals surface area contributed by atoms with Crippen molar-refractivity contribution >= 4 is 11.8 Å². The molecule has 1 unspecified atom stereocenters. The van der Waals surface area contributed by atoms with Crippen LogP contribution in [0.3, 0.4) is 0 Å². The largest absolute Gasteiger partial charge is 0.388 e. The van der Waals surface area contributed by atoms with E-state index in [2.05, 4.69) is 9.97 Å². The van der Waals surface area contributed by atoms with Crippen LogP contribution in [-0.2, 0) is 12.8 Å². The van der Waals surface area contributed by atoms with Crippen LogP contribution >= 0.6 is 11.8 Å². The Morgan fingerprint density at radius 3 is 2.52 bits per heavy atom. The first kappa shape index (κ1) is 19.3. The lowest BCUT2D eigenvalue weighted by molar-refractivity contribution is 0.204. The standard InChI is InChI=1S/C21H21FN2O2S/c1-2-17-18(12-14-8-10-16(22)11-9-14)23-21(24-20(17)26)27-13-19(25)15-6-4-3-5-7-15/h3-11,19,25H,2,12-13H2,1H3,(H,23,24,26). The summed E-state index contributed by atoms with van der Waals surface area (Å²) in [7, 11) is 0. The average Bonchev–Trinajstić information content (AvgIpc) is 2.68. The second-order valence-corrected chi connectivity index (χ2v) is 7.20. The van der Waals surface area contributed by atoms with Crippen molar-refractivity contribution in [3.8, 4) is 0 Å². The molecule has 0 saturated heterocycles. The molecule has 140 valence electrons. The fraction of sp³-hybridized carbons (Fsp3) is 0.238. The van der Waals surface area contributed by atoms with Gasteiger partial charge in [-0.1, -0.05) is 61.2 Å². The molecule has 0 amide bonds. The van der Waals surface area contributed by atoms with E-state index in [1.54, 1.807) is 12.1 Å². The molecule has 0 saturated carbocycles. The molecule has 2 aromatic carbocycles. The normalized spacial score (nSPS) is 12.1. The maximum Gasteiger partial charge on any atom is 0.254 e. The van der Waals surface area contributed by atoms with Crippen LogP contribution in [0.4, 0.5) is 4.39 Å². The second kappa shape index (κ2) is 8.97. The molecule has 3 aromatic rings. The Bertz CT molecular complexity index is 943. The first-order valence-electron chi connectivity index (χ1n) is 8.79. The molecule has 1 aromatic heterocycles. The Kier molecular flexibility index (Phi) is 6.42. The summed E-state index contributed by atoms with van der Waals surface area (Å²) in [5.74, 6) is 0.0912. The fourth-order valence-corrected chi connectivity index (χ4v) is 3.67. The summed E-state index contributed by atoms with van der Waals surface area (Å²) in [5, 5.41) is 10.8. The molecule has 0 aliphatic rings. The summed E-state index contributed by atoms with van der Waals surface area (Å²) >= 11 is 1.31. The van der Waals surface area contributed by atoms with Crippen molar-refractivity contribution in [2.75, 3.05) is 5.75 Å². The van der Waals surface area contributed by atoms with Gasteiger partial charge >= 0.3 is 0 Å². The number of nitrogens with zero attached hydrogens (tertiary/aromatic N) is 1. The zero-order chi connectivity index (χ0) is 19.2. The van der Waals surface area contributed by atoms with Crippen molar-refractivity contribution in [3.63, 3.8) is 0 Å². The topological polar surface area (TPSA) is 66.0 Å². The van der Waals surface area contributed by atoms with E-state index in [1.807, 2.05) is 37.3 Å². The number of rotatable bonds is 7. The van der Waals surface area contributed by atoms with E-state index in [0.717, 1.165) is 11.1 Å². The van der Waals surface area contributed by atoms with Crippen molar-refractivity contribution in [2.24, 2.45) is 0 Å². The van der Waals surface area contributed by atoms with Crippen LogP contribution in [0.25, 0.3) is 0 Å². The van der Waals surface area contributed by atoms with Gasteiger partial charge in [-0.15, -0.1) is 0 Å². The highest BCUT2D eigenvalue weighted by atomic mass is 32.2. The van der Waals surface area contributed by atoms with Crippen LogP contribution in [0.15, 0.2) is 64.5 Å². The summed E-state index contributed by atoms with van der Waals surface area (Å²) in [4.78, 5) is 19.8. The molecule has 27 heavy (non-hydrogen) atoms. The predicted molar refractivity (Wildman–Crippen MR) is 106 cm³/mol. The van der Waals surface area contributed by atoms with Gasteiger partial charge in [0.05, 0.1) is 11.8 Å². The van der Waals surface area contributed by atoms with Gasteiger partial charge in [0.1, 0.15) is 5.82 Å². The van der Waals surface area contributed by atoms with Crippen LogP contribution in [0.2, 0.25) is 0 Å². The molecule has 0 aliphatic heterocycles. The van der Waals surface area contributed by atoms with Gasteiger partial charge in [-0.25, -0.2) is 9.37 Å². The van der Waals surface area contributed by atoms with E-state index < -0.39 is 6.10 Å². The zero-order valence-corrected chi connectivity index (χ0v) is 15.8. The van der Waals surface area contributed by atoms with Crippen LogP contribution < -0.4 is 5.56 Å². The number of aromatic amines is 1. The Morgan fingerprint density at radius 2 is 1.85 bits per heavy atom. The number of thioether (sulfide) groups is 1. The minimum atomic E-state index is -0.645. The van der Waals surface area contributed by atoms with Crippen LogP contribution in [0.5, 0.6) is 0 Å². The molecule has 1 atom stereocenters. The third kappa shape index (κ3) is 5.05. The fourth-order valence-electron chi connectivity index (χ4n) is 2.83. The Labute approximate surface area is 161 Å². The predicted octanol–water partition coefficient (Wildman–Crippen LogP) is 3.89. The van der Waals surface area contributed by atoms with Gasteiger partial charge in [0.15, 0.2) is 5.16 Å². The molecular weight excluding hydrogens is 363 g/mol. The van der Waals surface area contributed by atoms with E-state index in [0.29, 0.717) is 35.0 Å². The van der Waals surface area contributed by atoms with Crippen molar-refractivity contribution in [1.82, 2.24) is 9.97 Å². The van der Waals surface area contributed by atoms with E-state index in [9.17, 15) is 14.3 Å². The lowest BCUT2D eigenvalue weighted by Gasteiger charge is -2.12. The average molecular weight is 384 g/mol. The Balaban J connectivity index is 1.79. The summed E-state index contributed by atoms with van der Waals surface area (Å²) in [6.07, 6.45) is 0.381. The molecule has 0 spiro atoms. The lowest BCUT2D eigenvalue weighted by atomic mass is 10.0. The highest BCUT2D eigenvalue weighted by Gasteiger charge is 2.13. The van der Waals surface area contributed by atoms with Crippen molar-refractivity contribution in [2.45, 2.75) is 31.0 Å². The number of hydrogen-bond donors (Lipinski definition) is 2. The molecule has 1 heterocycles. The summed E-state index contributed by atoms with van der Waals surface area (Å²) in [6, 6.07) is 15.6. The van der Waals surface area contributed by atoms with Crippen molar-refractivity contribution < 1.29 is 9.50 Å². The summed E-state index contributed by atoms with van der Waals surface area (Å²) in [6.45, 7) is 1.91. The molecule has 2 N–H and O–H groups in total. The maximum absolute atomic E-state index is 13.1. The molecule has 0 fully saturated rings. The van der Waals surface area contributed by atoms with E-state index in [1.165, 1.54) is 23.9 Å². The number of hydrogen-bond acceptors (Lipinski definition) is 4. The van der Waals surface area contributed by atoms with Crippen molar-refractivity contribution in [1.29, 1.82) is 0 Å². The number of H-pyrrole nitrogens is 1. The zero-order valence-electron chi connectivity index (χ0n) is 15.0. The highest BCUT2D eigenvalue weighted by Crippen LogP contribution is 2.22. The minimum absolute atomic E-state index is 0.165. The molecule has 4 nitrogen and oxygen atoms in total. The van der Waals surface area contributed by atoms with Crippen LogP contribution in [0, 0.1) is 5.82 Å². The van der Waals surface area contributed by atoms with Crippen LogP contribution in [-0.4, -0.2) is 20.8 Å². The smallest absolute Gasteiger partial charge is 0.254 e. The Hall–Kier alpha value is -2.44. The number of benzene rings is 2. The molecule has 0 radical (unpaired) electrons. The number of aromatic nitrogens is 2. The number of nitrogens with one attached hydrogen (secondary N) is 1. The lowest BCUT2D eigenvalue weighted by Crippen LogP contribution is -2.19.